The predicted molar refractivity (Wildman–Crippen MR) is 106 cm³/mol. The maximum Gasteiger partial charge on any atom is 0.251 e. The molecule has 0 fully saturated rings. The van der Waals surface area contributed by atoms with Gasteiger partial charge >= 0.3 is 0 Å². The van der Waals surface area contributed by atoms with Gasteiger partial charge in [-0.1, -0.05) is 11.6 Å². The third kappa shape index (κ3) is 4.67. The zero-order chi connectivity index (χ0) is 19.8. The third-order valence-corrected chi connectivity index (χ3v) is 6.51. The molecule has 0 aliphatic carbocycles. The first-order chi connectivity index (χ1) is 12.5. The van der Waals surface area contributed by atoms with Crippen LogP contribution >= 0.6 is 22.9 Å². The van der Waals surface area contributed by atoms with Gasteiger partial charge in [-0.3, -0.25) is 9.20 Å². The second-order valence-electron chi connectivity index (χ2n) is 7.01. The lowest BCUT2D eigenvalue weighted by atomic mass is 10.1. The number of rotatable bonds is 5. The van der Waals surface area contributed by atoms with Crippen molar-refractivity contribution in [2.45, 2.75) is 37.8 Å². The summed E-state index contributed by atoms with van der Waals surface area (Å²) in [7, 11) is -3.86. The van der Waals surface area contributed by atoms with Gasteiger partial charge in [0.25, 0.3) is 5.91 Å². The quantitative estimate of drug-likeness (QED) is 0.655. The Morgan fingerprint density at radius 2 is 2.07 bits per heavy atom. The van der Waals surface area contributed by atoms with Gasteiger partial charge in [0.1, 0.15) is 4.90 Å². The summed E-state index contributed by atoms with van der Waals surface area (Å²) < 4.78 is 29.5. The minimum Gasteiger partial charge on any atom is -0.346 e. The highest BCUT2D eigenvalue weighted by Gasteiger charge is 2.25. The van der Waals surface area contributed by atoms with Crippen LogP contribution in [0, 0.1) is 0 Å². The van der Waals surface area contributed by atoms with Crippen LogP contribution in [-0.2, 0) is 16.6 Å². The number of imidazole rings is 1. The fraction of sp³-hybridized carbons (Fsp3) is 0.294. The van der Waals surface area contributed by atoms with Gasteiger partial charge in [-0.25, -0.2) is 18.1 Å². The zero-order valence-electron chi connectivity index (χ0n) is 15.0. The SMILES string of the molecule is CC(C)(C)NS(=O)(=O)c1cc(C(=O)NCc2cn3ccsc3n2)ccc1Cl. The summed E-state index contributed by atoms with van der Waals surface area (Å²) in [5.41, 5.74) is 0.245. The Morgan fingerprint density at radius 3 is 2.74 bits per heavy atom. The number of hydrogen-bond acceptors (Lipinski definition) is 5. The van der Waals surface area contributed by atoms with Crippen LogP contribution in [0.4, 0.5) is 0 Å². The number of thiazole rings is 1. The molecule has 0 atom stereocenters. The molecule has 7 nitrogen and oxygen atoms in total. The lowest BCUT2D eigenvalue weighted by Gasteiger charge is -2.21. The van der Waals surface area contributed by atoms with Crippen molar-refractivity contribution in [1.82, 2.24) is 19.4 Å². The second-order valence-corrected chi connectivity index (χ2v) is 9.94. The van der Waals surface area contributed by atoms with Crippen LogP contribution in [-0.4, -0.2) is 29.2 Å². The molecular weight excluding hydrogens is 408 g/mol. The van der Waals surface area contributed by atoms with E-state index in [9.17, 15) is 13.2 Å². The minimum absolute atomic E-state index is 0.0534. The molecule has 10 heteroatoms. The van der Waals surface area contributed by atoms with E-state index in [1.807, 2.05) is 22.2 Å². The number of carbonyl (C=O) groups excluding carboxylic acids is 1. The van der Waals surface area contributed by atoms with Gasteiger partial charge in [0.2, 0.25) is 10.0 Å². The number of amides is 1. The van der Waals surface area contributed by atoms with Crippen LogP contribution in [0.15, 0.2) is 40.9 Å². The van der Waals surface area contributed by atoms with E-state index in [0.717, 1.165) is 4.96 Å². The molecular formula is C17H19ClN4O3S2. The lowest BCUT2D eigenvalue weighted by Crippen LogP contribution is -2.40. The Bertz CT molecular complexity index is 1070. The average molecular weight is 427 g/mol. The Kier molecular flexibility index (Phi) is 5.31. The number of benzene rings is 1. The van der Waals surface area contributed by atoms with E-state index in [1.54, 1.807) is 20.8 Å². The van der Waals surface area contributed by atoms with E-state index in [2.05, 4.69) is 15.0 Å². The van der Waals surface area contributed by atoms with Gasteiger partial charge in [0.05, 0.1) is 17.3 Å². The number of nitrogens with one attached hydrogen (secondary N) is 2. The molecule has 0 aliphatic rings. The number of fused-ring (bicyclic) bond motifs is 1. The molecule has 144 valence electrons. The first-order valence-corrected chi connectivity index (χ1v) is 10.8. The Hall–Kier alpha value is -1.94. The van der Waals surface area contributed by atoms with E-state index >= 15 is 0 Å². The van der Waals surface area contributed by atoms with Crippen LogP contribution in [0.3, 0.4) is 0 Å². The van der Waals surface area contributed by atoms with Crippen molar-refractivity contribution in [2.24, 2.45) is 0 Å². The molecule has 2 aromatic heterocycles. The highest BCUT2D eigenvalue weighted by atomic mass is 35.5. The minimum atomic E-state index is -3.86. The fourth-order valence-electron chi connectivity index (χ4n) is 2.44. The summed E-state index contributed by atoms with van der Waals surface area (Å²) in [5, 5.41) is 4.72. The lowest BCUT2D eigenvalue weighted by molar-refractivity contribution is 0.0950. The summed E-state index contributed by atoms with van der Waals surface area (Å²) in [6.45, 7) is 5.42. The van der Waals surface area contributed by atoms with Crippen LogP contribution in [0.25, 0.3) is 4.96 Å². The molecule has 1 amide bonds. The van der Waals surface area contributed by atoms with Crippen molar-refractivity contribution in [3.05, 3.63) is 52.3 Å². The first-order valence-electron chi connectivity index (χ1n) is 8.08. The molecule has 27 heavy (non-hydrogen) atoms. The Balaban J connectivity index is 1.78. The first kappa shape index (κ1) is 19.8. The van der Waals surface area contributed by atoms with Gasteiger partial charge in [-0.05, 0) is 39.0 Å². The molecule has 0 bridgehead atoms. The zero-order valence-corrected chi connectivity index (χ0v) is 17.4. The monoisotopic (exact) mass is 426 g/mol. The molecule has 3 aromatic rings. The van der Waals surface area contributed by atoms with E-state index in [4.69, 9.17) is 11.6 Å². The molecule has 0 aliphatic heterocycles. The average Bonchev–Trinajstić information content (AvgIpc) is 3.11. The van der Waals surface area contributed by atoms with Crippen LogP contribution in [0.2, 0.25) is 5.02 Å². The fourth-order valence-corrected chi connectivity index (χ4v) is 5.11. The molecule has 0 saturated carbocycles. The molecule has 1 aromatic carbocycles. The number of halogens is 1. The van der Waals surface area contributed by atoms with E-state index < -0.39 is 21.5 Å². The number of hydrogen-bond donors (Lipinski definition) is 2. The number of sulfonamides is 1. The number of nitrogens with zero attached hydrogens (tertiary/aromatic N) is 2. The van der Waals surface area contributed by atoms with Gasteiger partial charge in [0.15, 0.2) is 4.96 Å². The highest BCUT2D eigenvalue weighted by Crippen LogP contribution is 2.24. The maximum absolute atomic E-state index is 12.6. The second kappa shape index (κ2) is 7.23. The van der Waals surface area contributed by atoms with Crippen molar-refractivity contribution >= 4 is 43.8 Å². The molecule has 0 radical (unpaired) electrons. The Morgan fingerprint density at radius 1 is 1.33 bits per heavy atom. The van der Waals surface area contributed by atoms with Crippen LogP contribution < -0.4 is 10.0 Å². The molecule has 2 N–H and O–H groups in total. The summed E-state index contributed by atoms with van der Waals surface area (Å²) in [6.07, 6.45) is 3.72. The topological polar surface area (TPSA) is 92.6 Å². The van der Waals surface area contributed by atoms with Gasteiger partial charge in [-0.2, -0.15) is 0 Å². The summed E-state index contributed by atoms with van der Waals surface area (Å²) in [4.78, 5) is 17.5. The normalized spacial score (nSPS) is 12.4. The standard InChI is InChI=1S/C17H19ClN4O3S2/c1-17(2,3)21-27(24,25)14-8-11(4-5-13(14)18)15(23)19-9-12-10-22-6-7-26-16(22)20-12/h4-8,10,21H,9H2,1-3H3,(H,19,23). The van der Waals surface area contributed by atoms with Crippen molar-refractivity contribution in [2.75, 3.05) is 0 Å². The molecule has 0 unspecified atom stereocenters. The van der Waals surface area contributed by atoms with Crippen LogP contribution in [0.1, 0.15) is 36.8 Å². The predicted octanol–water partition coefficient (Wildman–Crippen LogP) is 3.06. The highest BCUT2D eigenvalue weighted by molar-refractivity contribution is 7.89. The van der Waals surface area contributed by atoms with E-state index in [1.165, 1.54) is 29.5 Å². The third-order valence-electron chi connectivity index (χ3n) is 3.50. The Labute approximate surface area is 166 Å². The summed E-state index contributed by atoms with van der Waals surface area (Å²) >= 11 is 7.56. The summed E-state index contributed by atoms with van der Waals surface area (Å²) in [6, 6.07) is 4.16. The summed E-state index contributed by atoms with van der Waals surface area (Å²) in [5.74, 6) is -0.407. The van der Waals surface area contributed by atoms with E-state index in [-0.39, 0.29) is 22.0 Å². The molecule has 0 spiro atoms. The van der Waals surface area contributed by atoms with Crippen molar-refractivity contribution < 1.29 is 13.2 Å². The largest absolute Gasteiger partial charge is 0.346 e. The van der Waals surface area contributed by atoms with Gasteiger partial charge < -0.3 is 5.32 Å². The smallest absolute Gasteiger partial charge is 0.251 e. The number of aromatic nitrogens is 2. The van der Waals surface area contributed by atoms with E-state index in [0.29, 0.717) is 5.69 Å². The molecule has 0 saturated heterocycles. The van der Waals surface area contributed by atoms with Gasteiger partial charge in [0, 0.05) is 28.9 Å². The molecule has 3 rings (SSSR count). The van der Waals surface area contributed by atoms with Crippen molar-refractivity contribution in [1.29, 1.82) is 0 Å². The van der Waals surface area contributed by atoms with Crippen molar-refractivity contribution in [3.8, 4) is 0 Å². The number of carbonyl (C=O) groups is 1. The maximum atomic E-state index is 12.6. The van der Waals surface area contributed by atoms with Gasteiger partial charge in [-0.15, -0.1) is 11.3 Å². The van der Waals surface area contributed by atoms with Crippen LogP contribution in [0.5, 0.6) is 0 Å². The van der Waals surface area contributed by atoms with Crippen molar-refractivity contribution in [3.63, 3.8) is 0 Å². The molecule has 2 heterocycles.